The second kappa shape index (κ2) is 4.90. The van der Waals surface area contributed by atoms with Crippen LogP contribution in [-0.2, 0) is 0 Å². The minimum atomic E-state index is -1.58. The van der Waals surface area contributed by atoms with Gasteiger partial charge in [-0.05, 0) is 32.0 Å². The van der Waals surface area contributed by atoms with Crippen molar-refractivity contribution < 1.29 is 24.8 Å². The molecule has 1 aromatic heterocycles. The van der Waals surface area contributed by atoms with Crippen LogP contribution in [0.15, 0.2) is 33.5 Å². The summed E-state index contributed by atoms with van der Waals surface area (Å²) in [7, 11) is 0. The molecule has 1 heterocycles. The number of hydrogen-bond donors (Lipinski definition) is 4. The summed E-state index contributed by atoms with van der Waals surface area (Å²) in [6.45, 7) is 2.64. The quantitative estimate of drug-likeness (QED) is 0.615. The maximum atomic E-state index is 11.8. The summed E-state index contributed by atoms with van der Waals surface area (Å²) in [5.41, 5.74) is -2.39. The lowest BCUT2D eigenvalue weighted by atomic mass is 9.93. The van der Waals surface area contributed by atoms with Crippen molar-refractivity contribution in [3.63, 3.8) is 0 Å². The fourth-order valence-corrected chi connectivity index (χ4v) is 1.88. The predicted molar refractivity (Wildman–Crippen MR) is 71.4 cm³/mol. The number of benzene rings is 1. The first-order chi connectivity index (χ1) is 9.20. The molecule has 20 heavy (non-hydrogen) atoms. The molecule has 0 spiro atoms. The number of rotatable bonds is 3. The second-order valence-corrected chi connectivity index (χ2v) is 5.25. The van der Waals surface area contributed by atoms with Crippen molar-refractivity contribution in [2.75, 3.05) is 0 Å². The van der Waals surface area contributed by atoms with Gasteiger partial charge in [0.15, 0.2) is 0 Å². The van der Waals surface area contributed by atoms with Crippen LogP contribution in [0.5, 0.6) is 5.75 Å². The topological polar surface area (TPSA) is 111 Å². The van der Waals surface area contributed by atoms with Crippen LogP contribution in [0.3, 0.4) is 0 Å². The number of hydrogen-bond acceptors (Lipinski definition) is 6. The van der Waals surface area contributed by atoms with Crippen LogP contribution in [0.1, 0.15) is 25.5 Å². The van der Waals surface area contributed by atoms with Crippen LogP contribution in [0.25, 0.3) is 11.0 Å². The summed E-state index contributed by atoms with van der Waals surface area (Å²) in [6, 6.07) is 5.56. The average Bonchev–Trinajstić information content (AvgIpc) is 2.35. The van der Waals surface area contributed by atoms with Gasteiger partial charge < -0.3 is 24.8 Å². The van der Waals surface area contributed by atoms with E-state index in [4.69, 9.17) is 4.42 Å². The standard InChI is InChI=1S/C14H16O6/c1-14(2,19)12(17)11(16)9-5-7-3-4-8(15)6-10(7)20-13(9)18/h3-6,11-12,15-17,19H,1-2H3/t11-,12+/m1/s1. The second-order valence-electron chi connectivity index (χ2n) is 5.25. The molecule has 0 bridgehead atoms. The Morgan fingerprint density at radius 2 is 1.85 bits per heavy atom. The van der Waals surface area contributed by atoms with E-state index in [2.05, 4.69) is 0 Å². The van der Waals surface area contributed by atoms with Gasteiger partial charge >= 0.3 is 5.63 Å². The van der Waals surface area contributed by atoms with E-state index in [1.807, 2.05) is 0 Å². The first kappa shape index (κ1) is 14.5. The van der Waals surface area contributed by atoms with Gasteiger partial charge in [-0.15, -0.1) is 0 Å². The number of aromatic hydroxyl groups is 1. The number of phenolic OH excluding ortho intramolecular Hbond substituents is 1. The Hall–Kier alpha value is -1.89. The van der Waals surface area contributed by atoms with Gasteiger partial charge in [-0.3, -0.25) is 0 Å². The Morgan fingerprint density at radius 1 is 1.20 bits per heavy atom. The third kappa shape index (κ3) is 2.67. The first-order valence-electron chi connectivity index (χ1n) is 6.05. The van der Waals surface area contributed by atoms with Crippen LogP contribution in [-0.4, -0.2) is 32.1 Å². The Morgan fingerprint density at radius 3 is 2.45 bits per heavy atom. The largest absolute Gasteiger partial charge is 0.508 e. The van der Waals surface area contributed by atoms with Crippen LogP contribution < -0.4 is 5.63 Å². The molecule has 2 atom stereocenters. The number of aliphatic hydroxyl groups excluding tert-OH is 2. The smallest absolute Gasteiger partial charge is 0.342 e. The highest BCUT2D eigenvalue weighted by atomic mass is 16.4. The Balaban J connectivity index is 2.52. The zero-order valence-corrected chi connectivity index (χ0v) is 11.1. The third-order valence-corrected chi connectivity index (χ3v) is 3.09. The fraction of sp³-hybridized carbons (Fsp3) is 0.357. The van der Waals surface area contributed by atoms with Crippen LogP contribution >= 0.6 is 0 Å². The molecule has 6 heteroatoms. The number of fused-ring (bicyclic) bond motifs is 1. The maximum Gasteiger partial charge on any atom is 0.342 e. The molecule has 2 rings (SSSR count). The zero-order chi connectivity index (χ0) is 15.1. The van der Waals surface area contributed by atoms with E-state index in [0.717, 1.165) is 0 Å². The Kier molecular flexibility index (Phi) is 3.56. The van der Waals surface area contributed by atoms with E-state index in [-0.39, 0.29) is 16.9 Å². The lowest BCUT2D eigenvalue weighted by molar-refractivity contribution is -0.108. The molecular weight excluding hydrogens is 264 g/mol. The summed E-state index contributed by atoms with van der Waals surface area (Å²) in [6.07, 6.45) is -3.12. The molecule has 0 fully saturated rings. The lowest BCUT2D eigenvalue weighted by Gasteiger charge is -2.28. The zero-order valence-electron chi connectivity index (χ0n) is 11.1. The lowest BCUT2D eigenvalue weighted by Crippen LogP contribution is -2.41. The molecule has 2 aromatic rings. The van der Waals surface area contributed by atoms with Crippen molar-refractivity contribution in [1.82, 2.24) is 0 Å². The van der Waals surface area contributed by atoms with Gasteiger partial charge in [-0.2, -0.15) is 0 Å². The SMILES string of the molecule is CC(C)(O)[C@@H](O)[C@H](O)c1cc2ccc(O)cc2oc1=O. The monoisotopic (exact) mass is 280 g/mol. The van der Waals surface area contributed by atoms with Crippen molar-refractivity contribution in [2.45, 2.75) is 31.7 Å². The molecule has 0 aliphatic rings. The van der Waals surface area contributed by atoms with E-state index in [0.29, 0.717) is 5.39 Å². The highest BCUT2D eigenvalue weighted by Gasteiger charge is 2.34. The molecule has 0 unspecified atom stereocenters. The van der Waals surface area contributed by atoms with Gasteiger partial charge in [0, 0.05) is 11.5 Å². The summed E-state index contributed by atoms with van der Waals surface area (Å²) in [5.74, 6) is -0.0505. The van der Waals surface area contributed by atoms with Gasteiger partial charge in [0.25, 0.3) is 0 Å². The van der Waals surface area contributed by atoms with Gasteiger partial charge in [0.05, 0.1) is 11.2 Å². The maximum absolute atomic E-state index is 11.8. The first-order valence-corrected chi connectivity index (χ1v) is 6.05. The van der Waals surface area contributed by atoms with Crippen LogP contribution in [0.2, 0.25) is 0 Å². The molecule has 0 radical (unpaired) electrons. The van der Waals surface area contributed by atoms with E-state index in [1.165, 1.54) is 38.1 Å². The van der Waals surface area contributed by atoms with E-state index in [9.17, 15) is 25.2 Å². The minimum Gasteiger partial charge on any atom is -0.508 e. The van der Waals surface area contributed by atoms with E-state index < -0.39 is 23.4 Å². The van der Waals surface area contributed by atoms with Crippen molar-refractivity contribution in [1.29, 1.82) is 0 Å². The van der Waals surface area contributed by atoms with Crippen molar-refractivity contribution in [3.8, 4) is 5.75 Å². The molecule has 0 saturated carbocycles. The molecule has 4 N–H and O–H groups in total. The minimum absolute atomic E-state index is 0.0505. The summed E-state index contributed by atoms with van der Waals surface area (Å²) in [5, 5.41) is 39.3. The fourth-order valence-electron chi connectivity index (χ4n) is 1.88. The molecular formula is C14H16O6. The number of phenols is 1. The van der Waals surface area contributed by atoms with Gasteiger partial charge in [0.2, 0.25) is 0 Å². The average molecular weight is 280 g/mol. The Labute approximate surface area is 114 Å². The summed E-state index contributed by atoms with van der Waals surface area (Å²) in [4.78, 5) is 11.8. The molecule has 1 aromatic carbocycles. The summed E-state index contributed by atoms with van der Waals surface area (Å²) < 4.78 is 4.99. The molecule has 108 valence electrons. The van der Waals surface area contributed by atoms with E-state index >= 15 is 0 Å². The molecule has 0 aliphatic carbocycles. The predicted octanol–water partition coefficient (Wildman–Crippen LogP) is 0.664. The van der Waals surface area contributed by atoms with E-state index in [1.54, 1.807) is 0 Å². The third-order valence-electron chi connectivity index (χ3n) is 3.09. The van der Waals surface area contributed by atoms with Crippen LogP contribution in [0.4, 0.5) is 0 Å². The normalized spacial score (nSPS) is 15.2. The highest BCUT2D eigenvalue weighted by molar-refractivity contribution is 5.78. The van der Waals surface area contributed by atoms with Crippen molar-refractivity contribution >= 4 is 11.0 Å². The summed E-state index contributed by atoms with van der Waals surface area (Å²) >= 11 is 0. The van der Waals surface area contributed by atoms with Crippen LogP contribution in [0, 0.1) is 0 Å². The van der Waals surface area contributed by atoms with Gasteiger partial charge in [-0.1, -0.05) is 0 Å². The molecule has 0 saturated heterocycles. The highest BCUT2D eigenvalue weighted by Crippen LogP contribution is 2.26. The van der Waals surface area contributed by atoms with Gasteiger partial charge in [-0.25, -0.2) is 4.79 Å². The Bertz CT molecular complexity index is 682. The van der Waals surface area contributed by atoms with Gasteiger partial charge in [0.1, 0.15) is 23.5 Å². The van der Waals surface area contributed by atoms with Crippen molar-refractivity contribution in [3.05, 3.63) is 40.2 Å². The number of aliphatic hydroxyl groups is 3. The molecule has 6 nitrogen and oxygen atoms in total. The molecule has 0 aliphatic heterocycles. The molecule has 0 amide bonds. The van der Waals surface area contributed by atoms with Crippen molar-refractivity contribution in [2.24, 2.45) is 0 Å².